The van der Waals surface area contributed by atoms with Gasteiger partial charge in [0.1, 0.15) is 0 Å². The third-order valence-electron chi connectivity index (χ3n) is 2.61. The molecular formula is C14H21ClN2O. The monoisotopic (exact) mass is 268 g/mol. The summed E-state index contributed by atoms with van der Waals surface area (Å²) >= 11 is 5.89. The van der Waals surface area contributed by atoms with E-state index in [-0.39, 0.29) is 5.91 Å². The van der Waals surface area contributed by atoms with Gasteiger partial charge in [0.25, 0.3) is 0 Å². The van der Waals surface area contributed by atoms with Crippen molar-refractivity contribution >= 4 is 17.5 Å². The van der Waals surface area contributed by atoms with Gasteiger partial charge in [-0.3, -0.25) is 4.79 Å². The van der Waals surface area contributed by atoms with Crippen LogP contribution in [0.4, 0.5) is 0 Å². The lowest BCUT2D eigenvalue weighted by molar-refractivity contribution is -0.120. The molecule has 0 atom stereocenters. The smallest absolute Gasteiger partial charge is 0.233 e. The van der Waals surface area contributed by atoms with Crippen LogP contribution in [-0.2, 0) is 11.3 Å². The van der Waals surface area contributed by atoms with E-state index in [1.54, 1.807) is 0 Å². The Kier molecular flexibility index (Phi) is 6.16. The van der Waals surface area contributed by atoms with Gasteiger partial charge in [0.2, 0.25) is 5.91 Å². The fourth-order valence-electron chi connectivity index (χ4n) is 1.55. The zero-order valence-electron chi connectivity index (χ0n) is 11.2. The molecule has 0 bridgehead atoms. The minimum atomic E-state index is 0.0373. The second kappa shape index (κ2) is 7.39. The maximum Gasteiger partial charge on any atom is 0.233 e. The molecule has 0 aliphatic heterocycles. The first-order valence-electron chi connectivity index (χ1n) is 6.21. The summed E-state index contributed by atoms with van der Waals surface area (Å²) in [5.41, 5.74) is 2.30. The second-order valence-corrected chi connectivity index (χ2v) is 5.31. The summed E-state index contributed by atoms with van der Waals surface area (Å²) in [6.45, 7) is 7.91. The van der Waals surface area contributed by atoms with Gasteiger partial charge in [-0.25, -0.2) is 0 Å². The van der Waals surface area contributed by atoms with E-state index in [1.165, 1.54) is 0 Å². The highest BCUT2D eigenvalue weighted by atomic mass is 35.5. The number of hydrogen-bond acceptors (Lipinski definition) is 2. The Bertz CT molecular complexity index is 405. The van der Waals surface area contributed by atoms with Crippen LogP contribution in [0.25, 0.3) is 0 Å². The van der Waals surface area contributed by atoms with Crippen LogP contribution in [0.15, 0.2) is 18.2 Å². The Morgan fingerprint density at radius 2 is 2.11 bits per heavy atom. The summed E-state index contributed by atoms with van der Waals surface area (Å²) in [7, 11) is 0. The molecule has 0 heterocycles. The third kappa shape index (κ3) is 5.52. The highest BCUT2D eigenvalue weighted by molar-refractivity contribution is 6.30. The van der Waals surface area contributed by atoms with Crippen molar-refractivity contribution in [1.82, 2.24) is 10.6 Å². The second-order valence-electron chi connectivity index (χ2n) is 4.87. The van der Waals surface area contributed by atoms with E-state index < -0.39 is 0 Å². The fraction of sp³-hybridized carbons (Fsp3) is 0.500. The molecule has 3 nitrogen and oxygen atoms in total. The van der Waals surface area contributed by atoms with Crippen LogP contribution in [0.2, 0.25) is 5.02 Å². The van der Waals surface area contributed by atoms with Crippen molar-refractivity contribution in [3.63, 3.8) is 0 Å². The molecule has 0 saturated carbocycles. The number of benzene rings is 1. The Balaban J connectivity index is 2.31. The van der Waals surface area contributed by atoms with Crippen LogP contribution in [-0.4, -0.2) is 19.0 Å². The average Bonchev–Trinajstić information content (AvgIpc) is 2.29. The van der Waals surface area contributed by atoms with Crippen LogP contribution in [0.1, 0.15) is 25.0 Å². The average molecular weight is 269 g/mol. The maximum atomic E-state index is 11.5. The Hall–Kier alpha value is -1.06. The minimum Gasteiger partial charge on any atom is -0.355 e. The predicted octanol–water partition coefficient (Wildman–Crippen LogP) is 2.51. The quantitative estimate of drug-likeness (QED) is 0.832. The Morgan fingerprint density at radius 3 is 2.72 bits per heavy atom. The number of carbonyl (C=O) groups excluding carboxylic acids is 1. The summed E-state index contributed by atoms with van der Waals surface area (Å²) in [5.74, 6) is 0.516. The van der Waals surface area contributed by atoms with Gasteiger partial charge in [-0.1, -0.05) is 31.5 Å². The van der Waals surface area contributed by atoms with Gasteiger partial charge < -0.3 is 10.6 Å². The summed E-state index contributed by atoms with van der Waals surface area (Å²) in [5, 5.41) is 6.74. The normalized spacial score (nSPS) is 10.7. The molecule has 1 aromatic rings. The summed E-state index contributed by atoms with van der Waals surface area (Å²) in [6.07, 6.45) is 0. The van der Waals surface area contributed by atoms with E-state index in [9.17, 15) is 4.79 Å². The molecular weight excluding hydrogens is 248 g/mol. The van der Waals surface area contributed by atoms with Crippen molar-refractivity contribution in [1.29, 1.82) is 0 Å². The van der Waals surface area contributed by atoms with Gasteiger partial charge in [-0.2, -0.15) is 0 Å². The summed E-state index contributed by atoms with van der Waals surface area (Å²) in [6, 6.07) is 5.78. The molecule has 2 N–H and O–H groups in total. The fourth-order valence-corrected chi connectivity index (χ4v) is 1.78. The zero-order valence-corrected chi connectivity index (χ0v) is 12.0. The standard InChI is InChI=1S/C14H21ClN2O/c1-10(2)7-17-14(18)9-16-8-12-4-5-13(15)6-11(12)3/h4-6,10,16H,7-9H2,1-3H3,(H,17,18). The predicted molar refractivity (Wildman–Crippen MR) is 75.7 cm³/mol. The molecule has 0 aliphatic carbocycles. The van der Waals surface area contributed by atoms with Gasteiger partial charge in [0.05, 0.1) is 6.54 Å². The van der Waals surface area contributed by atoms with Crippen molar-refractivity contribution in [2.75, 3.05) is 13.1 Å². The molecule has 0 aromatic heterocycles. The molecule has 1 rings (SSSR count). The largest absolute Gasteiger partial charge is 0.355 e. The first kappa shape index (κ1) is 15.0. The van der Waals surface area contributed by atoms with E-state index in [1.807, 2.05) is 25.1 Å². The van der Waals surface area contributed by atoms with Crippen LogP contribution in [0.5, 0.6) is 0 Å². The first-order chi connectivity index (χ1) is 8.49. The number of carbonyl (C=O) groups is 1. The molecule has 4 heteroatoms. The van der Waals surface area contributed by atoms with E-state index in [0.29, 0.717) is 19.0 Å². The number of amides is 1. The number of hydrogen-bond donors (Lipinski definition) is 2. The maximum absolute atomic E-state index is 11.5. The van der Waals surface area contributed by atoms with Gasteiger partial charge in [0, 0.05) is 18.1 Å². The Morgan fingerprint density at radius 1 is 1.39 bits per heavy atom. The number of halogens is 1. The molecule has 18 heavy (non-hydrogen) atoms. The van der Waals surface area contributed by atoms with Crippen molar-refractivity contribution in [2.24, 2.45) is 5.92 Å². The molecule has 0 radical (unpaired) electrons. The van der Waals surface area contributed by atoms with Gasteiger partial charge in [-0.05, 0) is 36.1 Å². The highest BCUT2D eigenvalue weighted by Gasteiger charge is 2.03. The molecule has 0 unspecified atom stereocenters. The van der Waals surface area contributed by atoms with Crippen LogP contribution in [0.3, 0.4) is 0 Å². The number of aryl methyl sites for hydroxylation is 1. The van der Waals surface area contributed by atoms with Gasteiger partial charge >= 0.3 is 0 Å². The molecule has 0 aliphatic rings. The van der Waals surface area contributed by atoms with Crippen molar-refractivity contribution < 1.29 is 4.79 Å². The van der Waals surface area contributed by atoms with E-state index >= 15 is 0 Å². The summed E-state index contributed by atoms with van der Waals surface area (Å²) in [4.78, 5) is 11.5. The van der Waals surface area contributed by atoms with Gasteiger partial charge in [0.15, 0.2) is 0 Å². The van der Waals surface area contributed by atoms with Crippen molar-refractivity contribution in [3.8, 4) is 0 Å². The summed E-state index contributed by atoms with van der Waals surface area (Å²) < 4.78 is 0. The van der Waals surface area contributed by atoms with Crippen LogP contribution >= 0.6 is 11.6 Å². The van der Waals surface area contributed by atoms with Gasteiger partial charge in [-0.15, -0.1) is 0 Å². The lowest BCUT2D eigenvalue weighted by Crippen LogP contribution is -2.35. The van der Waals surface area contributed by atoms with E-state index in [4.69, 9.17) is 11.6 Å². The zero-order chi connectivity index (χ0) is 13.5. The van der Waals surface area contributed by atoms with Crippen LogP contribution < -0.4 is 10.6 Å². The van der Waals surface area contributed by atoms with Crippen LogP contribution in [0, 0.1) is 12.8 Å². The lowest BCUT2D eigenvalue weighted by Gasteiger charge is -2.10. The molecule has 1 amide bonds. The van der Waals surface area contributed by atoms with E-state index in [0.717, 1.165) is 22.7 Å². The molecule has 0 spiro atoms. The molecule has 0 saturated heterocycles. The first-order valence-corrected chi connectivity index (χ1v) is 6.59. The minimum absolute atomic E-state index is 0.0373. The molecule has 0 fully saturated rings. The molecule has 1 aromatic carbocycles. The molecule has 100 valence electrons. The third-order valence-corrected chi connectivity index (χ3v) is 2.85. The number of rotatable bonds is 6. The van der Waals surface area contributed by atoms with Crippen molar-refractivity contribution in [3.05, 3.63) is 34.3 Å². The van der Waals surface area contributed by atoms with E-state index in [2.05, 4.69) is 24.5 Å². The highest BCUT2D eigenvalue weighted by Crippen LogP contribution is 2.14. The SMILES string of the molecule is Cc1cc(Cl)ccc1CNCC(=O)NCC(C)C. The number of nitrogens with one attached hydrogen (secondary N) is 2. The topological polar surface area (TPSA) is 41.1 Å². The lowest BCUT2D eigenvalue weighted by atomic mass is 10.1. The Labute approximate surface area is 114 Å². The van der Waals surface area contributed by atoms with Crippen molar-refractivity contribution in [2.45, 2.75) is 27.3 Å².